The number of rotatable bonds is 5. The molecule has 0 aliphatic carbocycles. The number of hydrogen-bond donors (Lipinski definition) is 1. The standard InChI is InChI=1S/C18H17N3O2/c1-14(20-18(22)8-7-17-6-3-11-23-17)15-4-2-5-16(12-15)21-10-9-19-13-21/h2-14H,1H3,(H,20,22)/b8-7+/t14-/m1/s1. The first kappa shape index (κ1) is 14.8. The lowest BCUT2D eigenvalue weighted by Crippen LogP contribution is -2.24. The van der Waals surface area contributed by atoms with Crippen molar-refractivity contribution >= 4 is 12.0 Å². The molecule has 0 fully saturated rings. The lowest BCUT2D eigenvalue weighted by atomic mass is 10.1. The smallest absolute Gasteiger partial charge is 0.244 e. The summed E-state index contributed by atoms with van der Waals surface area (Å²) in [6.07, 6.45) is 10.0. The molecule has 116 valence electrons. The van der Waals surface area contributed by atoms with Crippen molar-refractivity contribution in [2.45, 2.75) is 13.0 Å². The van der Waals surface area contributed by atoms with E-state index in [0.717, 1.165) is 11.3 Å². The largest absolute Gasteiger partial charge is 0.465 e. The summed E-state index contributed by atoms with van der Waals surface area (Å²) in [6, 6.07) is 11.4. The molecule has 1 atom stereocenters. The molecule has 1 amide bonds. The second-order valence-corrected chi connectivity index (χ2v) is 5.14. The van der Waals surface area contributed by atoms with E-state index in [1.807, 2.05) is 42.0 Å². The van der Waals surface area contributed by atoms with Gasteiger partial charge in [0.2, 0.25) is 5.91 Å². The minimum absolute atomic E-state index is 0.104. The van der Waals surface area contributed by atoms with Crippen LogP contribution in [0.2, 0.25) is 0 Å². The summed E-state index contributed by atoms with van der Waals surface area (Å²) < 4.78 is 7.08. The van der Waals surface area contributed by atoms with Crippen LogP contribution >= 0.6 is 0 Å². The molecule has 0 aliphatic heterocycles. The summed E-state index contributed by atoms with van der Waals surface area (Å²) in [5.41, 5.74) is 2.03. The maximum Gasteiger partial charge on any atom is 0.244 e. The van der Waals surface area contributed by atoms with E-state index in [1.54, 1.807) is 37.0 Å². The van der Waals surface area contributed by atoms with Crippen molar-refractivity contribution in [2.75, 3.05) is 0 Å². The lowest BCUT2D eigenvalue weighted by molar-refractivity contribution is -0.117. The molecule has 2 aromatic heterocycles. The monoisotopic (exact) mass is 307 g/mol. The van der Waals surface area contributed by atoms with E-state index in [1.165, 1.54) is 6.08 Å². The highest BCUT2D eigenvalue weighted by atomic mass is 16.3. The quantitative estimate of drug-likeness (QED) is 0.735. The summed E-state index contributed by atoms with van der Waals surface area (Å²) in [5, 5.41) is 2.94. The molecule has 0 unspecified atom stereocenters. The summed E-state index contributed by atoms with van der Waals surface area (Å²) in [6.45, 7) is 1.95. The Morgan fingerprint density at radius 2 is 2.26 bits per heavy atom. The number of nitrogens with one attached hydrogen (secondary N) is 1. The van der Waals surface area contributed by atoms with Crippen molar-refractivity contribution in [3.05, 3.63) is 78.8 Å². The van der Waals surface area contributed by atoms with Crippen molar-refractivity contribution in [3.63, 3.8) is 0 Å². The van der Waals surface area contributed by atoms with Gasteiger partial charge in [-0.2, -0.15) is 0 Å². The summed E-state index contributed by atoms with van der Waals surface area (Å²) in [7, 11) is 0. The highest BCUT2D eigenvalue weighted by Gasteiger charge is 2.08. The van der Waals surface area contributed by atoms with Crippen LogP contribution in [0.3, 0.4) is 0 Å². The highest BCUT2D eigenvalue weighted by Crippen LogP contribution is 2.17. The number of carbonyl (C=O) groups excluding carboxylic acids is 1. The van der Waals surface area contributed by atoms with Gasteiger partial charge in [0, 0.05) is 24.2 Å². The topological polar surface area (TPSA) is 60.1 Å². The summed E-state index contributed by atoms with van der Waals surface area (Å²) in [4.78, 5) is 16.0. The maximum atomic E-state index is 12.0. The first-order valence-electron chi connectivity index (χ1n) is 7.33. The normalized spacial score (nSPS) is 12.4. The van der Waals surface area contributed by atoms with Gasteiger partial charge in [0.25, 0.3) is 0 Å². The van der Waals surface area contributed by atoms with Gasteiger partial charge in [-0.05, 0) is 42.8 Å². The molecular formula is C18H17N3O2. The van der Waals surface area contributed by atoms with Crippen molar-refractivity contribution < 1.29 is 9.21 Å². The van der Waals surface area contributed by atoms with Gasteiger partial charge in [0.1, 0.15) is 5.76 Å². The Balaban J connectivity index is 1.67. The van der Waals surface area contributed by atoms with E-state index in [-0.39, 0.29) is 11.9 Å². The average molecular weight is 307 g/mol. The van der Waals surface area contributed by atoms with Crippen LogP contribution < -0.4 is 5.32 Å². The van der Waals surface area contributed by atoms with Crippen LogP contribution in [0.25, 0.3) is 11.8 Å². The lowest BCUT2D eigenvalue weighted by Gasteiger charge is -2.14. The van der Waals surface area contributed by atoms with Gasteiger partial charge in [-0.25, -0.2) is 4.98 Å². The zero-order chi connectivity index (χ0) is 16.1. The molecule has 23 heavy (non-hydrogen) atoms. The molecule has 0 spiro atoms. The third-order valence-electron chi connectivity index (χ3n) is 3.47. The van der Waals surface area contributed by atoms with E-state index in [0.29, 0.717) is 5.76 Å². The van der Waals surface area contributed by atoms with E-state index in [9.17, 15) is 4.79 Å². The molecule has 5 nitrogen and oxygen atoms in total. The molecule has 3 rings (SSSR count). The van der Waals surface area contributed by atoms with Gasteiger partial charge in [-0.15, -0.1) is 0 Å². The minimum Gasteiger partial charge on any atom is -0.465 e. The molecule has 2 heterocycles. The van der Waals surface area contributed by atoms with E-state index in [2.05, 4.69) is 10.3 Å². The minimum atomic E-state index is -0.165. The van der Waals surface area contributed by atoms with Crippen molar-refractivity contribution in [3.8, 4) is 5.69 Å². The number of benzene rings is 1. The number of carbonyl (C=O) groups is 1. The molecule has 3 aromatic rings. The maximum absolute atomic E-state index is 12.0. The van der Waals surface area contributed by atoms with E-state index < -0.39 is 0 Å². The van der Waals surface area contributed by atoms with Gasteiger partial charge in [0.15, 0.2) is 0 Å². The molecule has 1 aromatic carbocycles. The van der Waals surface area contributed by atoms with Crippen LogP contribution in [0.1, 0.15) is 24.3 Å². The zero-order valence-corrected chi connectivity index (χ0v) is 12.7. The van der Waals surface area contributed by atoms with E-state index >= 15 is 0 Å². The van der Waals surface area contributed by atoms with Gasteiger partial charge >= 0.3 is 0 Å². The Bertz CT molecular complexity index is 790. The fraction of sp³-hybridized carbons (Fsp3) is 0.111. The predicted molar refractivity (Wildman–Crippen MR) is 87.9 cm³/mol. The Morgan fingerprint density at radius 1 is 1.35 bits per heavy atom. The Kier molecular flexibility index (Phi) is 4.38. The molecule has 5 heteroatoms. The first-order valence-corrected chi connectivity index (χ1v) is 7.33. The number of furan rings is 1. The number of nitrogens with zero attached hydrogens (tertiary/aromatic N) is 2. The zero-order valence-electron chi connectivity index (χ0n) is 12.7. The van der Waals surface area contributed by atoms with Gasteiger partial charge in [-0.1, -0.05) is 12.1 Å². The van der Waals surface area contributed by atoms with Crippen molar-refractivity contribution in [1.82, 2.24) is 14.9 Å². The Labute approximate surface area is 134 Å². The first-order chi connectivity index (χ1) is 11.2. The van der Waals surface area contributed by atoms with Crippen LogP contribution in [0.15, 0.2) is 71.9 Å². The van der Waals surface area contributed by atoms with Gasteiger partial charge in [-0.3, -0.25) is 4.79 Å². The van der Waals surface area contributed by atoms with Crippen LogP contribution in [-0.2, 0) is 4.79 Å². The second-order valence-electron chi connectivity index (χ2n) is 5.14. The third-order valence-corrected chi connectivity index (χ3v) is 3.47. The van der Waals surface area contributed by atoms with Gasteiger partial charge < -0.3 is 14.3 Å². The number of amides is 1. The van der Waals surface area contributed by atoms with Crippen LogP contribution in [0, 0.1) is 0 Å². The van der Waals surface area contributed by atoms with Crippen LogP contribution in [-0.4, -0.2) is 15.5 Å². The molecule has 0 aliphatic rings. The Morgan fingerprint density at radius 3 is 3.00 bits per heavy atom. The fourth-order valence-electron chi connectivity index (χ4n) is 2.26. The fourth-order valence-corrected chi connectivity index (χ4v) is 2.26. The molecular weight excluding hydrogens is 290 g/mol. The number of imidazole rings is 1. The predicted octanol–water partition coefficient (Wildman–Crippen LogP) is 3.36. The highest BCUT2D eigenvalue weighted by molar-refractivity contribution is 5.91. The summed E-state index contributed by atoms with van der Waals surface area (Å²) in [5.74, 6) is 0.483. The average Bonchev–Trinajstić information content (AvgIpc) is 3.26. The van der Waals surface area contributed by atoms with Crippen LogP contribution in [0.4, 0.5) is 0 Å². The van der Waals surface area contributed by atoms with Gasteiger partial charge in [0.05, 0.1) is 18.6 Å². The third kappa shape index (κ3) is 3.77. The molecule has 0 saturated heterocycles. The molecule has 1 N–H and O–H groups in total. The molecule has 0 radical (unpaired) electrons. The SMILES string of the molecule is C[C@@H](NC(=O)/C=C/c1ccco1)c1cccc(-n2ccnc2)c1. The second kappa shape index (κ2) is 6.79. The number of hydrogen-bond acceptors (Lipinski definition) is 3. The van der Waals surface area contributed by atoms with Crippen molar-refractivity contribution in [1.29, 1.82) is 0 Å². The number of aromatic nitrogens is 2. The van der Waals surface area contributed by atoms with Crippen LogP contribution in [0.5, 0.6) is 0 Å². The Hall–Kier alpha value is -3.08. The molecule has 0 bridgehead atoms. The van der Waals surface area contributed by atoms with Crippen molar-refractivity contribution in [2.24, 2.45) is 0 Å². The molecule has 0 saturated carbocycles. The van der Waals surface area contributed by atoms with E-state index in [4.69, 9.17) is 4.42 Å². The summed E-state index contributed by atoms with van der Waals surface area (Å²) >= 11 is 0.